The van der Waals surface area contributed by atoms with Crippen molar-refractivity contribution in [2.75, 3.05) is 36.5 Å². The highest BCUT2D eigenvalue weighted by Crippen LogP contribution is 2.32. The molecule has 2 saturated heterocycles. The number of rotatable bonds is 3. The second kappa shape index (κ2) is 7.31. The van der Waals surface area contributed by atoms with Crippen molar-refractivity contribution in [1.82, 2.24) is 9.97 Å². The largest absolute Gasteiger partial charge is 0.355 e. The average molecular weight is 365 g/mol. The summed E-state index contributed by atoms with van der Waals surface area (Å²) in [5.41, 5.74) is 1.24. The molecule has 0 atom stereocenters. The van der Waals surface area contributed by atoms with Crippen LogP contribution in [-0.4, -0.2) is 48.0 Å². The van der Waals surface area contributed by atoms with E-state index in [1.165, 1.54) is 6.20 Å². The summed E-state index contributed by atoms with van der Waals surface area (Å²) in [5, 5.41) is 11.7. The number of hydrogen-bond acceptors (Lipinski definition) is 7. The van der Waals surface area contributed by atoms with E-state index in [1.54, 1.807) is 30.5 Å². The molecule has 1 aromatic carbocycles. The van der Waals surface area contributed by atoms with Gasteiger partial charge in [-0.2, -0.15) is 5.26 Å². The van der Waals surface area contributed by atoms with Crippen molar-refractivity contribution in [3.05, 3.63) is 47.9 Å². The van der Waals surface area contributed by atoms with Gasteiger partial charge in [-0.05, 0) is 18.2 Å². The Labute approximate surface area is 156 Å². The first-order valence-electron chi connectivity index (χ1n) is 8.84. The van der Waals surface area contributed by atoms with Crippen LogP contribution in [0.5, 0.6) is 0 Å². The van der Waals surface area contributed by atoms with Crippen LogP contribution in [0.15, 0.2) is 36.7 Å². The minimum Gasteiger partial charge on any atom is -0.355 e. The van der Waals surface area contributed by atoms with E-state index in [1.807, 2.05) is 6.07 Å². The van der Waals surface area contributed by atoms with E-state index in [2.05, 4.69) is 20.2 Å². The first-order chi connectivity index (χ1) is 13.2. The molecule has 4 rings (SSSR count). The smallest absolute Gasteiger partial charge is 0.275 e. The van der Waals surface area contributed by atoms with Gasteiger partial charge >= 0.3 is 0 Å². The predicted molar refractivity (Wildman–Crippen MR) is 97.2 cm³/mol. The summed E-state index contributed by atoms with van der Waals surface area (Å²) in [6.07, 6.45) is 4.64. The quantitative estimate of drug-likeness (QED) is 0.887. The molecule has 3 heterocycles. The fraction of sp³-hybridized carbons (Fsp3) is 0.368. The van der Waals surface area contributed by atoms with Crippen LogP contribution in [-0.2, 0) is 9.47 Å². The van der Waals surface area contributed by atoms with E-state index in [4.69, 9.17) is 14.7 Å². The zero-order valence-corrected chi connectivity index (χ0v) is 14.7. The Kier molecular flexibility index (Phi) is 4.71. The Morgan fingerprint density at radius 2 is 1.96 bits per heavy atom. The van der Waals surface area contributed by atoms with Gasteiger partial charge in [-0.15, -0.1) is 0 Å². The molecule has 0 unspecified atom stereocenters. The number of hydrogen-bond donors (Lipinski definition) is 1. The van der Waals surface area contributed by atoms with Crippen molar-refractivity contribution in [1.29, 1.82) is 5.26 Å². The van der Waals surface area contributed by atoms with E-state index < -0.39 is 5.79 Å². The number of amides is 1. The van der Waals surface area contributed by atoms with Gasteiger partial charge in [0, 0.05) is 31.6 Å². The number of anilines is 2. The number of carbonyl (C=O) groups excluding carboxylic acids is 1. The molecule has 0 saturated carbocycles. The summed E-state index contributed by atoms with van der Waals surface area (Å²) in [7, 11) is 0. The highest BCUT2D eigenvalue weighted by atomic mass is 16.7. The van der Waals surface area contributed by atoms with Crippen molar-refractivity contribution in [2.45, 2.75) is 18.6 Å². The number of carbonyl (C=O) groups is 1. The molecule has 2 aromatic rings. The summed E-state index contributed by atoms with van der Waals surface area (Å²) in [4.78, 5) is 23.1. The van der Waals surface area contributed by atoms with Crippen LogP contribution in [0.3, 0.4) is 0 Å². The fourth-order valence-electron chi connectivity index (χ4n) is 3.33. The van der Waals surface area contributed by atoms with Crippen molar-refractivity contribution in [3.63, 3.8) is 0 Å². The van der Waals surface area contributed by atoms with Gasteiger partial charge in [-0.1, -0.05) is 6.07 Å². The number of nitriles is 1. The maximum atomic E-state index is 12.3. The Morgan fingerprint density at radius 3 is 2.63 bits per heavy atom. The first kappa shape index (κ1) is 17.4. The third kappa shape index (κ3) is 3.74. The molecular formula is C19H19N5O3. The van der Waals surface area contributed by atoms with E-state index in [0.717, 1.165) is 31.7 Å². The monoisotopic (exact) mass is 365 g/mol. The highest BCUT2D eigenvalue weighted by molar-refractivity contribution is 6.02. The third-order valence-corrected chi connectivity index (χ3v) is 4.78. The minimum absolute atomic E-state index is 0.219. The lowest BCUT2D eigenvalue weighted by Gasteiger charge is -2.37. The molecule has 8 nitrogen and oxygen atoms in total. The lowest BCUT2D eigenvalue weighted by Crippen LogP contribution is -2.45. The summed E-state index contributed by atoms with van der Waals surface area (Å²) in [6, 6.07) is 8.75. The zero-order valence-electron chi connectivity index (χ0n) is 14.7. The fourth-order valence-corrected chi connectivity index (χ4v) is 3.33. The number of ether oxygens (including phenoxy) is 2. The molecule has 1 amide bonds. The van der Waals surface area contributed by atoms with Gasteiger partial charge < -0.3 is 19.7 Å². The minimum atomic E-state index is -0.429. The normalized spacial score (nSPS) is 18.3. The van der Waals surface area contributed by atoms with Crippen molar-refractivity contribution >= 4 is 17.4 Å². The van der Waals surface area contributed by atoms with Crippen LogP contribution < -0.4 is 10.2 Å². The number of benzene rings is 1. The Balaban J connectivity index is 1.38. The van der Waals surface area contributed by atoms with E-state index in [9.17, 15) is 4.79 Å². The Morgan fingerprint density at radius 1 is 1.19 bits per heavy atom. The molecule has 138 valence electrons. The van der Waals surface area contributed by atoms with Crippen LogP contribution in [0.1, 0.15) is 28.9 Å². The van der Waals surface area contributed by atoms with Gasteiger partial charge in [0.15, 0.2) is 5.79 Å². The molecule has 0 radical (unpaired) electrons. The molecule has 1 aromatic heterocycles. The Hall–Kier alpha value is -3.02. The van der Waals surface area contributed by atoms with Crippen LogP contribution in [0.25, 0.3) is 0 Å². The summed E-state index contributed by atoms with van der Waals surface area (Å²) >= 11 is 0. The predicted octanol–water partition coefficient (Wildman–Crippen LogP) is 1.94. The van der Waals surface area contributed by atoms with Gasteiger partial charge in [-0.3, -0.25) is 4.79 Å². The highest BCUT2D eigenvalue weighted by Gasteiger charge is 2.40. The van der Waals surface area contributed by atoms with Crippen LogP contribution >= 0.6 is 0 Å². The number of nitrogens with one attached hydrogen (secondary N) is 1. The summed E-state index contributed by atoms with van der Waals surface area (Å²) in [6.45, 7) is 2.84. The summed E-state index contributed by atoms with van der Waals surface area (Å²) in [5.74, 6) is -0.0674. The standard InChI is InChI=1S/C19H19N5O3/c20-11-14-2-1-3-15(10-14)23-18(25)16-12-22-17(13-21-16)24-6-4-19(5-7-24)26-8-9-27-19/h1-3,10,12-13H,4-9H2,(H,23,25). The van der Waals surface area contributed by atoms with Crippen LogP contribution in [0.4, 0.5) is 11.5 Å². The van der Waals surface area contributed by atoms with Crippen molar-refractivity contribution in [2.24, 2.45) is 0 Å². The average Bonchev–Trinajstić information content (AvgIpc) is 3.17. The van der Waals surface area contributed by atoms with E-state index >= 15 is 0 Å². The molecule has 2 aliphatic heterocycles. The van der Waals surface area contributed by atoms with Gasteiger partial charge in [0.1, 0.15) is 11.5 Å². The van der Waals surface area contributed by atoms with Gasteiger partial charge in [0.2, 0.25) is 0 Å². The molecule has 2 aliphatic rings. The number of piperidine rings is 1. The second-order valence-corrected chi connectivity index (χ2v) is 6.50. The topological polar surface area (TPSA) is 100 Å². The van der Waals surface area contributed by atoms with Gasteiger partial charge in [0.05, 0.1) is 37.2 Å². The lowest BCUT2D eigenvalue weighted by molar-refractivity contribution is -0.169. The van der Waals surface area contributed by atoms with Crippen molar-refractivity contribution < 1.29 is 14.3 Å². The molecule has 0 bridgehead atoms. The van der Waals surface area contributed by atoms with Crippen LogP contribution in [0, 0.1) is 11.3 Å². The zero-order chi connectivity index (χ0) is 18.7. The van der Waals surface area contributed by atoms with Crippen LogP contribution in [0.2, 0.25) is 0 Å². The molecule has 0 aliphatic carbocycles. The van der Waals surface area contributed by atoms with Gasteiger partial charge in [0.25, 0.3) is 5.91 Å². The molecule has 27 heavy (non-hydrogen) atoms. The maximum absolute atomic E-state index is 12.3. The molecular weight excluding hydrogens is 346 g/mol. The SMILES string of the molecule is N#Cc1cccc(NC(=O)c2cnc(N3CCC4(CC3)OCCO4)cn2)c1. The van der Waals surface area contributed by atoms with Crippen molar-refractivity contribution in [3.8, 4) is 6.07 Å². The number of nitrogens with zero attached hydrogens (tertiary/aromatic N) is 4. The summed E-state index contributed by atoms with van der Waals surface area (Å²) < 4.78 is 11.5. The third-order valence-electron chi connectivity index (χ3n) is 4.78. The maximum Gasteiger partial charge on any atom is 0.275 e. The van der Waals surface area contributed by atoms with E-state index in [0.29, 0.717) is 24.5 Å². The second-order valence-electron chi connectivity index (χ2n) is 6.50. The first-order valence-corrected chi connectivity index (χ1v) is 8.84. The van der Waals surface area contributed by atoms with Gasteiger partial charge in [-0.25, -0.2) is 9.97 Å². The molecule has 8 heteroatoms. The number of aromatic nitrogens is 2. The molecule has 1 N–H and O–H groups in total. The lowest BCUT2D eigenvalue weighted by atomic mass is 10.0. The Bertz CT molecular complexity index is 862. The molecule has 2 fully saturated rings. The van der Waals surface area contributed by atoms with E-state index in [-0.39, 0.29) is 11.6 Å². The molecule has 1 spiro atoms.